The second kappa shape index (κ2) is 19.6. The van der Waals surface area contributed by atoms with Crippen molar-refractivity contribution < 1.29 is 29.6 Å². The highest BCUT2D eigenvalue weighted by atomic mass is 16.6. The first-order valence-electron chi connectivity index (χ1n) is 22.3. The van der Waals surface area contributed by atoms with Gasteiger partial charge in [0.15, 0.2) is 6.29 Å². The van der Waals surface area contributed by atoms with Gasteiger partial charge in [-0.25, -0.2) is 0 Å². The van der Waals surface area contributed by atoms with Crippen molar-refractivity contribution in [3.8, 4) is 0 Å². The fraction of sp³-hybridized carbons (Fsp3) is 0.851. The lowest BCUT2D eigenvalue weighted by molar-refractivity contribution is -0.199. The molecular weight excluding hydrogens is 661 g/mol. The van der Waals surface area contributed by atoms with Crippen LogP contribution in [0.2, 0.25) is 0 Å². The molecule has 0 bridgehead atoms. The zero-order valence-corrected chi connectivity index (χ0v) is 34.5. The monoisotopic (exact) mass is 739 g/mol. The van der Waals surface area contributed by atoms with Crippen LogP contribution in [-0.2, 0) is 14.3 Å². The first-order valence-corrected chi connectivity index (χ1v) is 22.3. The van der Waals surface area contributed by atoms with Crippen molar-refractivity contribution in [2.24, 2.45) is 52.3 Å². The molecule has 6 nitrogen and oxygen atoms in total. The zero-order valence-electron chi connectivity index (χ0n) is 34.5. The van der Waals surface area contributed by atoms with E-state index >= 15 is 0 Å². The van der Waals surface area contributed by atoms with E-state index in [1.165, 1.54) is 51.4 Å². The molecule has 13 atom stereocenters. The Morgan fingerprint density at radius 2 is 1.79 bits per heavy atom. The molecule has 0 aromatic rings. The molecule has 5 aliphatic rings. The lowest BCUT2D eigenvalue weighted by Gasteiger charge is -2.58. The van der Waals surface area contributed by atoms with Gasteiger partial charge >= 0.3 is 5.97 Å². The number of rotatable bonds is 18. The van der Waals surface area contributed by atoms with Crippen LogP contribution < -0.4 is 0 Å². The maximum absolute atomic E-state index is 13.0. The van der Waals surface area contributed by atoms with Crippen LogP contribution in [0, 0.1) is 52.3 Å². The van der Waals surface area contributed by atoms with Crippen LogP contribution in [-0.4, -0.2) is 52.0 Å². The third-order valence-electron chi connectivity index (χ3n) is 15.2. The molecule has 0 spiro atoms. The van der Waals surface area contributed by atoms with Crippen LogP contribution in [0.3, 0.4) is 0 Å². The van der Waals surface area contributed by atoms with Crippen LogP contribution in [0.25, 0.3) is 0 Å². The van der Waals surface area contributed by atoms with Gasteiger partial charge in [0.05, 0.1) is 18.3 Å². The van der Waals surface area contributed by atoms with Gasteiger partial charge in [-0.3, -0.25) is 4.79 Å². The van der Waals surface area contributed by atoms with Crippen LogP contribution in [0.4, 0.5) is 0 Å². The predicted molar refractivity (Wildman–Crippen MR) is 215 cm³/mol. The Labute approximate surface area is 323 Å². The highest BCUT2D eigenvalue weighted by molar-refractivity contribution is 5.69. The highest BCUT2D eigenvalue weighted by Crippen LogP contribution is 2.67. The van der Waals surface area contributed by atoms with E-state index in [9.17, 15) is 20.1 Å². The van der Waals surface area contributed by atoms with E-state index in [0.717, 1.165) is 86.9 Å². The topological polar surface area (TPSA) is 96.2 Å². The van der Waals surface area contributed by atoms with E-state index in [1.807, 2.05) is 0 Å². The van der Waals surface area contributed by atoms with Gasteiger partial charge in [-0.15, -0.1) is 0 Å². The number of hydrogen-bond acceptors (Lipinski definition) is 6. The molecular formula is C47H78O6. The Kier molecular flexibility index (Phi) is 15.8. The molecule has 3 N–H and O–H groups in total. The number of carbonyl (C=O) groups is 1. The first kappa shape index (κ1) is 42.7. The molecule has 302 valence electrons. The predicted octanol–water partition coefficient (Wildman–Crippen LogP) is 10.6. The summed E-state index contributed by atoms with van der Waals surface area (Å²) in [4.78, 5) is 13.0. The van der Waals surface area contributed by atoms with E-state index in [-0.39, 0.29) is 29.8 Å². The minimum Gasteiger partial charge on any atom is -0.462 e. The van der Waals surface area contributed by atoms with Crippen LogP contribution in [0.5, 0.6) is 0 Å². The Bertz CT molecular complexity index is 1240. The molecule has 5 rings (SSSR count). The molecule has 3 saturated carbocycles. The molecule has 0 radical (unpaired) electrons. The molecule has 1 heterocycles. The van der Waals surface area contributed by atoms with Gasteiger partial charge in [0.1, 0.15) is 6.10 Å². The summed E-state index contributed by atoms with van der Waals surface area (Å²) < 4.78 is 11.8. The second-order valence-electron chi connectivity index (χ2n) is 19.2. The van der Waals surface area contributed by atoms with Gasteiger partial charge in [-0.1, -0.05) is 116 Å². The second-order valence-corrected chi connectivity index (χ2v) is 19.2. The summed E-state index contributed by atoms with van der Waals surface area (Å²) >= 11 is 0. The Morgan fingerprint density at radius 1 is 0.981 bits per heavy atom. The third-order valence-corrected chi connectivity index (χ3v) is 15.2. The molecule has 4 aliphatic carbocycles. The van der Waals surface area contributed by atoms with Crippen molar-refractivity contribution in [2.75, 3.05) is 0 Å². The minimum absolute atomic E-state index is 0.00335. The molecule has 53 heavy (non-hydrogen) atoms. The summed E-state index contributed by atoms with van der Waals surface area (Å²) in [6, 6.07) is 0. The van der Waals surface area contributed by atoms with E-state index in [0.29, 0.717) is 24.7 Å². The van der Waals surface area contributed by atoms with E-state index in [1.54, 1.807) is 17.7 Å². The van der Waals surface area contributed by atoms with E-state index in [4.69, 9.17) is 9.47 Å². The molecule has 0 amide bonds. The molecule has 1 aliphatic heterocycles. The summed E-state index contributed by atoms with van der Waals surface area (Å²) in [7, 11) is 0. The summed E-state index contributed by atoms with van der Waals surface area (Å²) in [5, 5.41) is 31.1. The zero-order chi connectivity index (χ0) is 38.2. The molecule has 0 aromatic carbocycles. The molecule has 0 aromatic heterocycles. The molecule has 1 unspecified atom stereocenters. The minimum atomic E-state index is -1.01. The van der Waals surface area contributed by atoms with Gasteiger partial charge in [-0.2, -0.15) is 0 Å². The molecule has 1 saturated heterocycles. The SMILES string of the molecule is CCCCC[C@H](O)/C=C/[C@H]1OC(O)C[C@H](O)[C@@H]1C/C=C\CCCC(=O)O[C@H]1CC[C@@]2(C)C(=CC[C@H]3[C@@H]4CC[C@H]([C@H](C)CCCC(C)C)[C@@]4(C)CC[C@@H]32)C1. The normalized spacial score (nSPS) is 38.4. The third kappa shape index (κ3) is 10.7. The molecule has 4 fully saturated rings. The van der Waals surface area contributed by atoms with Gasteiger partial charge in [-0.05, 0) is 117 Å². The van der Waals surface area contributed by atoms with Gasteiger partial charge in [0.25, 0.3) is 0 Å². The number of allylic oxidation sites excluding steroid dienone is 3. The largest absolute Gasteiger partial charge is 0.462 e. The first-order chi connectivity index (χ1) is 25.4. The molecule has 6 heteroatoms. The van der Waals surface area contributed by atoms with Crippen LogP contribution in [0.1, 0.15) is 170 Å². The van der Waals surface area contributed by atoms with Crippen molar-refractivity contribution in [3.63, 3.8) is 0 Å². The number of fused-ring (bicyclic) bond motifs is 5. The smallest absolute Gasteiger partial charge is 0.306 e. The number of hydrogen-bond donors (Lipinski definition) is 3. The van der Waals surface area contributed by atoms with Crippen molar-refractivity contribution in [1.82, 2.24) is 0 Å². The quantitative estimate of drug-likeness (QED) is 0.0736. The van der Waals surface area contributed by atoms with Crippen molar-refractivity contribution in [1.29, 1.82) is 0 Å². The highest BCUT2D eigenvalue weighted by Gasteiger charge is 2.59. The Morgan fingerprint density at radius 3 is 2.57 bits per heavy atom. The summed E-state index contributed by atoms with van der Waals surface area (Å²) in [6.07, 6.45) is 28.2. The standard InChI is InChI=1S/C47H78O6/c1-7-8-11-17-35(48)21-25-43-38(42(49)31-45(51)53-43)18-12-9-10-13-19-44(50)52-36-26-28-46(5)34(30-36)20-22-37-40-24-23-39(33(4)16-14-15-32(2)3)47(40,6)29-27-41(37)46/h9,12,20-21,25,32-33,35-43,45,48-49,51H,7-8,10-11,13-19,22-24,26-31H2,1-6H3/b12-9-,25-21+/t33-,35+,36+,37+,38+,39-,40+,41+,42+,43-,45?,46+,47-/m1/s1. The fourth-order valence-corrected chi connectivity index (χ4v) is 12.1. The Balaban J connectivity index is 1.05. The lowest BCUT2D eigenvalue weighted by atomic mass is 9.47. The van der Waals surface area contributed by atoms with Crippen LogP contribution in [0.15, 0.2) is 36.0 Å². The van der Waals surface area contributed by atoms with Crippen LogP contribution >= 0.6 is 0 Å². The summed E-state index contributed by atoms with van der Waals surface area (Å²) in [5.74, 6) is 4.73. The van der Waals surface area contributed by atoms with Crippen molar-refractivity contribution in [2.45, 2.75) is 201 Å². The number of carbonyl (C=O) groups excluding carboxylic acids is 1. The maximum atomic E-state index is 13.0. The number of aliphatic hydroxyl groups excluding tert-OH is 3. The van der Waals surface area contributed by atoms with Gasteiger partial charge < -0.3 is 24.8 Å². The number of esters is 1. The average molecular weight is 739 g/mol. The van der Waals surface area contributed by atoms with Crippen molar-refractivity contribution >= 4 is 5.97 Å². The number of unbranched alkanes of at least 4 members (excludes halogenated alkanes) is 3. The summed E-state index contributed by atoms with van der Waals surface area (Å²) in [6.45, 7) is 14.7. The number of ether oxygens (including phenoxy) is 2. The lowest BCUT2D eigenvalue weighted by Crippen LogP contribution is -2.51. The number of aliphatic hydroxyl groups is 3. The maximum Gasteiger partial charge on any atom is 0.306 e. The van der Waals surface area contributed by atoms with E-state index in [2.05, 4.69) is 59.8 Å². The van der Waals surface area contributed by atoms with Crippen molar-refractivity contribution in [3.05, 3.63) is 36.0 Å². The van der Waals surface area contributed by atoms with E-state index < -0.39 is 24.6 Å². The Hall–Kier alpha value is -1.47. The van der Waals surface area contributed by atoms with Gasteiger partial charge in [0.2, 0.25) is 0 Å². The average Bonchev–Trinajstić information content (AvgIpc) is 3.47. The summed E-state index contributed by atoms with van der Waals surface area (Å²) in [5.41, 5.74) is 2.35. The fourth-order valence-electron chi connectivity index (χ4n) is 12.1. The van der Waals surface area contributed by atoms with Gasteiger partial charge in [0, 0.05) is 25.2 Å².